The van der Waals surface area contributed by atoms with Crippen molar-refractivity contribution in [1.82, 2.24) is 20.5 Å². The number of hydrogen-bond acceptors (Lipinski definition) is 3. The van der Waals surface area contributed by atoms with Crippen LogP contribution in [-0.2, 0) is 6.42 Å². The van der Waals surface area contributed by atoms with Gasteiger partial charge in [-0.25, -0.2) is 4.98 Å². The lowest BCUT2D eigenvalue weighted by Crippen LogP contribution is -2.25. The molecule has 0 saturated heterocycles. The summed E-state index contributed by atoms with van der Waals surface area (Å²) in [7, 11) is 0. The highest BCUT2D eigenvalue weighted by molar-refractivity contribution is 9.10. The highest BCUT2D eigenvalue weighted by Gasteiger charge is 2.14. The van der Waals surface area contributed by atoms with Crippen molar-refractivity contribution in [3.63, 3.8) is 0 Å². The molecule has 2 aromatic rings. The summed E-state index contributed by atoms with van der Waals surface area (Å²) < 4.78 is 1.10. The van der Waals surface area contributed by atoms with E-state index in [2.05, 4.69) is 61.6 Å². The molecule has 96 valence electrons. The molecular formula is C13H17BrN4. The highest BCUT2D eigenvalue weighted by atomic mass is 79.9. The molecule has 1 aromatic heterocycles. The molecule has 0 saturated carbocycles. The fourth-order valence-electron chi connectivity index (χ4n) is 1.87. The molecule has 0 amide bonds. The Morgan fingerprint density at radius 2 is 2.33 bits per heavy atom. The van der Waals surface area contributed by atoms with Gasteiger partial charge in [0.1, 0.15) is 12.2 Å². The van der Waals surface area contributed by atoms with Crippen molar-refractivity contribution in [3.05, 3.63) is 46.5 Å². The molecule has 0 aliphatic heterocycles. The van der Waals surface area contributed by atoms with E-state index in [0.29, 0.717) is 0 Å². The van der Waals surface area contributed by atoms with Crippen LogP contribution in [0.15, 0.2) is 35.1 Å². The molecule has 2 N–H and O–H groups in total. The van der Waals surface area contributed by atoms with E-state index in [0.717, 1.165) is 29.7 Å². The minimum absolute atomic E-state index is 0.182. The minimum atomic E-state index is 0.182. The zero-order valence-electron chi connectivity index (χ0n) is 10.4. The number of aromatic nitrogens is 3. The summed E-state index contributed by atoms with van der Waals surface area (Å²) in [4.78, 5) is 4.25. The van der Waals surface area contributed by atoms with Gasteiger partial charge in [0, 0.05) is 4.47 Å². The molecule has 0 aliphatic carbocycles. The molecule has 2 rings (SSSR count). The van der Waals surface area contributed by atoms with Crippen molar-refractivity contribution in [2.45, 2.75) is 25.8 Å². The van der Waals surface area contributed by atoms with E-state index in [-0.39, 0.29) is 6.04 Å². The lowest BCUT2D eigenvalue weighted by Gasteiger charge is -2.16. The van der Waals surface area contributed by atoms with E-state index in [4.69, 9.17) is 0 Å². The van der Waals surface area contributed by atoms with Crippen molar-refractivity contribution in [2.24, 2.45) is 0 Å². The van der Waals surface area contributed by atoms with Gasteiger partial charge in [0.15, 0.2) is 0 Å². The molecule has 1 aromatic carbocycles. The number of rotatable bonds is 6. The maximum Gasteiger partial charge on any atom is 0.141 e. The topological polar surface area (TPSA) is 53.6 Å². The highest BCUT2D eigenvalue weighted by Crippen LogP contribution is 2.18. The van der Waals surface area contributed by atoms with E-state index in [1.54, 1.807) is 6.33 Å². The zero-order chi connectivity index (χ0) is 12.8. The van der Waals surface area contributed by atoms with Crippen molar-refractivity contribution in [2.75, 3.05) is 6.54 Å². The molecule has 0 fully saturated rings. The van der Waals surface area contributed by atoms with Gasteiger partial charge in [0.25, 0.3) is 0 Å². The van der Waals surface area contributed by atoms with Crippen LogP contribution in [0.3, 0.4) is 0 Å². The van der Waals surface area contributed by atoms with E-state index < -0.39 is 0 Å². The third-order valence-corrected chi connectivity index (χ3v) is 3.23. The van der Waals surface area contributed by atoms with Crippen LogP contribution >= 0.6 is 15.9 Å². The Morgan fingerprint density at radius 1 is 1.44 bits per heavy atom. The van der Waals surface area contributed by atoms with Crippen LogP contribution in [-0.4, -0.2) is 21.7 Å². The Hall–Kier alpha value is -1.20. The predicted molar refractivity (Wildman–Crippen MR) is 75.3 cm³/mol. The van der Waals surface area contributed by atoms with E-state index in [1.807, 2.05) is 6.07 Å². The SMILES string of the molecule is CCCNC(Cc1cccc(Br)c1)c1ncn[nH]1. The summed E-state index contributed by atoms with van der Waals surface area (Å²) in [5, 5.41) is 10.4. The van der Waals surface area contributed by atoms with Gasteiger partial charge >= 0.3 is 0 Å². The van der Waals surface area contributed by atoms with Gasteiger partial charge in [-0.05, 0) is 37.1 Å². The lowest BCUT2D eigenvalue weighted by atomic mass is 10.1. The second-order valence-corrected chi connectivity index (χ2v) is 5.13. The zero-order valence-corrected chi connectivity index (χ0v) is 11.9. The molecule has 0 spiro atoms. The first-order chi connectivity index (χ1) is 8.79. The molecule has 0 radical (unpaired) electrons. The molecule has 4 nitrogen and oxygen atoms in total. The Kier molecular flexibility index (Phi) is 4.90. The summed E-state index contributed by atoms with van der Waals surface area (Å²) in [5.41, 5.74) is 1.27. The standard InChI is InChI=1S/C13H17BrN4/c1-2-6-15-12(13-16-9-17-18-13)8-10-4-3-5-11(14)7-10/h3-5,7,9,12,15H,2,6,8H2,1H3,(H,16,17,18). The summed E-state index contributed by atoms with van der Waals surface area (Å²) in [6.45, 7) is 3.13. The van der Waals surface area contributed by atoms with Gasteiger partial charge in [-0.2, -0.15) is 5.10 Å². The minimum Gasteiger partial charge on any atom is -0.307 e. The van der Waals surface area contributed by atoms with E-state index in [1.165, 1.54) is 5.56 Å². The lowest BCUT2D eigenvalue weighted by molar-refractivity contribution is 0.506. The van der Waals surface area contributed by atoms with Crippen LogP contribution in [0.4, 0.5) is 0 Å². The monoisotopic (exact) mass is 308 g/mol. The molecule has 5 heteroatoms. The second kappa shape index (κ2) is 6.66. The first-order valence-corrected chi connectivity index (χ1v) is 6.92. The molecular weight excluding hydrogens is 292 g/mol. The van der Waals surface area contributed by atoms with Crippen LogP contribution in [0.25, 0.3) is 0 Å². The van der Waals surface area contributed by atoms with Crippen LogP contribution in [0.2, 0.25) is 0 Å². The largest absolute Gasteiger partial charge is 0.307 e. The van der Waals surface area contributed by atoms with Gasteiger partial charge in [0.05, 0.1) is 6.04 Å². The fraction of sp³-hybridized carbons (Fsp3) is 0.385. The maximum atomic E-state index is 4.25. The van der Waals surface area contributed by atoms with Crippen LogP contribution < -0.4 is 5.32 Å². The van der Waals surface area contributed by atoms with Crippen LogP contribution in [0.1, 0.15) is 30.8 Å². The summed E-state index contributed by atoms with van der Waals surface area (Å²) in [6.07, 6.45) is 3.55. The third kappa shape index (κ3) is 3.65. The number of hydrogen-bond donors (Lipinski definition) is 2. The van der Waals surface area contributed by atoms with Gasteiger partial charge < -0.3 is 5.32 Å². The molecule has 0 bridgehead atoms. The number of aromatic amines is 1. The third-order valence-electron chi connectivity index (χ3n) is 2.73. The van der Waals surface area contributed by atoms with Crippen molar-refractivity contribution < 1.29 is 0 Å². The van der Waals surface area contributed by atoms with Gasteiger partial charge in [0.2, 0.25) is 0 Å². The Bertz CT molecular complexity index is 470. The Morgan fingerprint density at radius 3 is 3.00 bits per heavy atom. The Labute approximate surface area is 115 Å². The molecule has 0 aliphatic rings. The molecule has 1 unspecified atom stereocenters. The normalized spacial score (nSPS) is 12.6. The molecule has 18 heavy (non-hydrogen) atoms. The molecule has 1 atom stereocenters. The average Bonchev–Trinajstić information content (AvgIpc) is 2.88. The van der Waals surface area contributed by atoms with Gasteiger partial charge in [-0.3, -0.25) is 5.10 Å². The predicted octanol–water partition coefficient (Wildman–Crippen LogP) is 2.85. The number of H-pyrrole nitrogens is 1. The van der Waals surface area contributed by atoms with Gasteiger partial charge in [-0.1, -0.05) is 35.0 Å². The number of benzene rings is 1. The van der Waals surface area contributed by atoms with Gasteiger partial charge in [-0.15, -0.1) is 0 Å². The summed E-state index contributed by atoms with van der Waals surface area (Å²) in [6, 6.07) is 8.53. The maximum absolute atomic E-state index is 4.25. The van der Waals surface area contributed by atoms with Crippen LogP contribution in [0.5, 0.6) is 0 Å². The average molecular weight is 309 g/mol. The Balaban J connectivity index is 2.10. The van der Waals surface area contributed by atoms with Crippen molar-refractivity contribution in [1.29, 1.82) is 0 Å². The van der Waals surface area contributed by atoms with Crippen LogP contribution in [0, 0.1) is 0 Å². The van der Waals surface area contributed by atoms with E-state index in [9.17, 15) is 0 Å². The second-order valence-electron chi connectivity index (χ2n) is 4.21. The summed E-state index contributed by atoms with van der Waals surface area (Å²) in [5.74, 6) is 0.892. The van der Waals surface area contributed by atoms with Crippen molar-refractivity contribution >= 4 is 15.9 Å². The quantitative estimate of drug-likeness (QED) is 0.863. The first-order valence-electron chi connectivity index (χ1n) is 6.12. The number of halogens is 1. The van der Waals surface area contributed by atoms with Crippen molar-refractivity contribution in [3.8, 4) is 0 Å². The number of nitrogens with one attached hydrogen (secondary N) is 2. The summed E-state index contributed by atoms with van der Waals surface area (Å²) >= 11 is 3.50. The first kappa shape index (κ1) is 13.2. The van der Waals surface area contributed by atoms with E-state index >= 15 is 0 Å². The number of nitrogens with zero attached hydrogens (tertiary/aromatic N) is 2. The fourth-order valence-corrected chi connectivity index (χ4v) is 2.31. The molecule has 1 heterocycles. The smallest absolute Gasteiger partial charge is 0.141 e.